The summed E-state index contributed by atoms with van der Waals surface area (Å²) in [6.07, 6.45) is 2.87. The quantitative estimate of drug-likeness (QED) is 0.662. The van der Waals surface area contributed by atoms with Gasteiger partial charge in [-0.15, -0.1) is 11.3 Å². The van der Waals surface area contributed by atoms with E-state index in [4.69, 9.17) is 4.74 Å². The van der Waals surface area contributed by atoms with Crippen LogP contribution in [0.2, 0.25) is 0 Å². The van der Waals surface area contributed by atoms with Crippen molar-refractivity contribution in [3.8, 4) is 5.13 Å². The number of β-amino-alcohol motifs (C(OH)–C–C–N with tert-alkyl or cyclic N) is 1. The highest BCUT2D eigenvalue weighted by Gasteiger charge is 2.26. The van der Waals surface area contributed by atoms with E-state index in [1.807, 2.05) is 0 Å². The van der Waals surface area contributed by atoms with Crippen LogP contribution >= 0.6 is 11.3 Å². The fourth-order valence-corrected chi connectivity index (χ4v) is 3.82. The molecule has 28 heavy (non-hydrogen) atoms. The number of carbonyl (C=O) groups excluding carboxylic acids is 1. The maximum atomic E-state index is 14.8. The number of nitrogens with zero attached hydrogens (tertiary/aromatic N) is 4. The first-order valence-electron chi connectivity index (χ1n) is 8.75. The summed E-state index contributed by atoms with van der Waals surface area (Å²) >= 11 is 1.28. The Kier molecular flexibility index (Phi) is 4.82. The van der Waals surface area contributed by atoms with E-state index in [0.29, 0.717) is 18.1 Å². The molecule has 3 aromatic rings. The third-order valence-electron chi connectivity index (χ3n) is 4.50. The zero-order chi connectivity index (χ0) is 19.8. The number of hydrogen-bond acceptors (Lipinski definition) is 8. The number of esters is 1. The van der Waals surface area contributed by atoms with Crippen molar-refractivity contribution in [1.29, 1.82) is 0 Å². The number of pyridine rings is 2. The van der Waals surface area contributed by atoms with Gasteiger partial charge in [-0.05, 0) is 19.4 Å². The summed E-state index contributed by atoms with van der Waals surface area (Å²) < 4.78 is 21.2. The molecule has 4 rings (SSSR count). The van der Waals surface area contributed by atoms with E-state index in [9.17, 15) is 19.1 Å². The van der Waals surface area contributed by atoms with Gasteiger partial charge in [-0.2, -0.15) is 0 Å². The van der Waals surface area contributed by atoms with Gasteiger partial charge in [-0.3, -0.25) is 9.36 Å². The summed E-state index contributed by atoms with van der Waals surface area (Å²) in [5.41, 5.74) is -0.679. The van der Waals surface area contributed by atoms with Gasteiger partial charge < -0.3 is 14.7 Å². The molecule has 0 aromatic carbocycles. The predicted molar refractivity (Wildman–Crippen MR) is 102 cm³/mol. The average Bonchev–Trinajstić information content (AvgIpc) is 3.34. The van der Waals surface area contributed by atoms with Crippen LogP contribution in [-0.4, -0.2) is 51.4 Å². The molecule has 146 valence electrons. The molecule has 0 radical (unpaired) electrons. The van der Waals surface area contributed by atoms with Crippen molar-refractivity contribution >= 4 is 34.2 Å². The summed E-state index contributed by atoms with van der Waals surface area (Å²) in [5, 5.41) is 11.9. The number of rotatable bonds is 4. The molecule has 1 N–H and O–H groups in total. The first kappa shape index (κ1) is 18.5. The molecule has 1 aliphatic rings. The first-order valence-corrected chi connectivity index (χ1v) is 9.63. The van der Waals surface area contributed by atoms with E-state index < -0.39 is 23.3 Å². The molecule has 8 nitrogen and oxygen atoms in total. The number of aliphatic hydroxyl groups is 1. The number of anilines is 1. The lowest BCUT2D eigenvalue weighted by molar-refractivity contribution is 0.0524. The Morgan fingerprint density at radius 3 is 2.96 bits per heavy atom. The van der Waals surface area contributed by atoms with E-state index in [1.165, 1.54) is 22.1 Å². The summed E-state index contributed by atoms with van der Waals surface area (Å²) in [7, 11) is 0. The molecule has 10 heteroatoms. The maximum absolute atomic E-state index is 14.8. The van der Waals surface area contributed by atoms with Gasteiger partial charge in [0.1, 0.15) is 5.56 Å². The molecule has 1 saturated heterocycles. The van der Waals surface area contributed by atoms with Gasteiger partial charge >= 0.3 is 5.97 Å². The fraction of sp³-hybridized carbons (Fsp3) is 0.333. The number of hydrogen-bond donors (Lipinski definition) is 1. The van der Waals surface area contributed by atoms with E-state index in [0.717, 1.165) is 6.07 Å². The molecular formula is C18H17FN4O4S. The van der Waals surface area contributed by atoms with Gasteiger partial charge in [0.2, 0.25) is 5.43 Å². The minimum atomic E-state index is -0.785. The largest absolute Gasteiger partial charge is 0.462 e. The minimum absolute atomic E-state index is 0.0400. The normalized spacial score (nSPS) is 16.7. The zero-order valence-electron chi connectivity index (χ0n) is 15.0. The second kappa shape index (κ2) is 7.28. The topological polar surface area (TPSA) is 97.6 Å². The molecule has 0 bridgehead atoms. The highest BCUT2D eigenvalue weighted by molar-refractivity contribution is 7.12. The van der Waals surface area contributed by atoms with Crippen molar-refractivity contribution in [1.82, 2.24) is 14.5 Å². The number of thiazole rings is 1. The van der Waals surface area contributed by atoms with Gasteiger partial charge in [0.15, 0.2) is 22.4 Å². The molecule has 4 heterocycles. The second-order valence-corrected chi connectivity index (χ2v) is 7.20. The Bertz CT molecular complexity index is 1100. The van der Waals surface area contributed by atoms with Gasteiger partial charge in [-0.1, -0.05) is 0 Å². The molecular weight excluding hydrogens is 387 g/mol. The van der Waals surface area contributed by atoms with E-state index in [-0.39, 0.29) is 35.6 Å². The van der Waals surface area contributed by atoms with E-state index >= 15 is 0 Å². The van der Waals surface area contributed by atoms with Crippen molar-refractivity contribution in [3.05, 3.63) is 45.4 Å². The number of halogens is 1. The van der Waals surface area contributed by atoms with Crippen molar-refractivity contribution in [2.75, 3.05) is 24.6 Å². The Balaban J connectivity index is 1.97. The summed E-state index contributed by atoms with van der Waals surface area (Å²) in [6, 6.07) is 1.08. The van der Waals surface area contributed by atoms with Crippen LogP contribution in [0.3, 0.4) is 0 Å². The average molecular weight is 404 g/mol. The van der Waals surface area contributed by atoms with E-state index in [2.05, 4.69) is 9.97 Å². The molecule has 0 amide bonds. The number of aliphatic hydroxyl groups excluding tert-OH is 1. The molecule has 3 aromatic heterocycles. The number of carbonyl (C=O) groups is 1. The highest BCUT2D eigenvalue weighted by Crippen LogP contribution is 2.26. The van der Waals surface area contributed by atoms with Crippen LogP contribution in [0.5, 0.6) is 0 Å². The van der Waals surface area contributed by atoms with Crippen molar-refractivity contribution in [3.63, 3.8) is 0 Å². The Labute approximate surface area is 162 Å². The molecule has 0 aliphatic carbocycles. The van der Waals surface area contributed by atoms with Crippen LogP contribution in [0.15, 0.2) is 28.6 Å². The molecule has 1 atom stereocenters. The van der Waals surface area contributed by atoms with Crippen molar-refractivity contribution in [2.24, 2.45) is 0 Å². The van der Waals surface area contributed by atoms with Crippen LogP contribution in [0.4, 0.5) is 10.2 Å². The third-order valence-corrected chi connectivity index (χ3v) is 5.27. The lowest BCUT2D eigenvalue weighted by Crippen LogP contribution is -2.25. The monoisotopic (exact) mass is 404 g/mol. The summed E-state index contributed by atoms with van der Waals surface area (Å²) in [6.45, 7) is 2.46. The van der Waals surface area contributed by atoms with E-state index in [1.54, 1.807) is 23.4 Å². The zero-order valence-corrected chi connectivity index (χ0v) is 15.8. The fourth-order valence-electron chi connectivity index (χ4n) is 3.21. The van der Waals surface area contributed by atoms with Crippen LogP contribution in [-0.2, 0) is 4.74 Å². The summed E-state index contributed by atoms with van der Waals surface area (Å²) in [5.74, 6) is -1.42. The molecule has 0 unspecified atom stereocenters. The van der Waals surface area contributed by atoms with Gasteiger partial charge in [0.25, 0.3) is 0 Å². The Morgan fingerprint density at radius 2 is 2.32 bits per heavy atom. The van der Waals surface area contributed by atoms with Gasteiger partial charge in [-0.25, -0.2) is 19.2 Å². The number of ether oxygens (including phenoxy) is 1. The van der Waals surface area contributed by atoms with Crippen molar-refractivity contribution in [2.45, 2.75) is 19.4 Å². The summed E-state index contributed by atoms with van der Waals surface area (Å²) in [4.78, 5) is 35.3. The smallest absolute Gasteiger partial charge is 0.343 e. The molecule has 1 fully saturated rings. The van der Waals surface area contributed by atoms with Crippen LogP contribution in [0.25, 0.3) is 16.2 Å². The number of aromatic nitrogens is 3. The predicted octanol–water partition coefficient (Wildman–Crippen LogP) is 1.73. The molecule has 1 aliphatic heterocycles. The standard InChI is InChI=1S/C18H17FN4O4S/c1-2-27-17(26)12-9-23(18-20-4-6-28-18)15-11(14(12)25)7-13(19)16(21-15)22-5-3-10(24)8-22/h4,6-7,9-10,24H,2-3,5,8H2,1H3/t10-/m0/s1. The SMILES string of the molecule is CCOC(=O)c1cn(-c2nccs2)c2nc(N3CC[C@H](O)C3)c(F)cc2c1=O. The highest BCUT2D eigenvalue weighted by atomic mass is 32.1. The maximum Gasteiger partial charge on any atom is 0.343 e. The van der Waals surface area contributed by atoms with Gasteiger partial charge in [0, 0.05) is 30.9 Å². The second-order valence-electron chi connectivity index (χ2n) is 6.33. The van der Waals surface area contributed by atoms with Gasteiger partial charge in [0.05, 0.1) is 18.1 Å². The molecule has 0 spiro atoms. The van der Waals surface area contributed by atoms with Crippen LogP contribution in [0, 0.1) is 5.82 Å². The Morgan fingerprint density at radius 1 is 1.50 bits per heavy atom. The first-order chi connectivity index (χ1) is 13.5. The molecule has 0 saturated carbocycles. The lowest BCUT2D eigenvalue weighted by atomic mass is 10.2. The third kappa shape index (κ3) is 3.14. The minimum Gasteiger partial charge on any atom is -0.462 e. The lowest BCUT2D eigenvalue weighted by Gasteiger charge is -2.19. The van der Waals surface area contributed by atoms with Crippen LogP contribution in [0.1, 0.15) is 23.7 Å². The van der Waals surface area contributed by atoms with Crippen molar-refractivity contribution < 1.29 is 19.0 Å². The van der Waals surface area contributed by atoms with Crippen LogP contribution < -0.4 is 10.3 Å². The Hall–Kier alpha value is -2.85. The number of fused-ring (bicyclic) bond motifs is 1.